The Balaban J connectivity index is 1.45. The van der Waals surface area contributed by atoms with E-state index >= 15 is 0 Å². The number of pyridine rings is 1. The molecule has 0 aliphatic carbocycles. The number of halogens is 1. The van der Waals surface area contributed by atoms with Gasteiger partial charge in [0.25, 0.3) is 5.56 Å². The monoisotopic (exact) mass is 371 g/mol. The molecule has 3 aromatic rings. The highest BCUT2D eigenvalue weighted by Gasteiger charge is 2.22. The maximum Gasteiger partial charge on any atom is 0.258 e. The van der Waals surface area contributed by atoms with Crippen molar-refractivity contribution in [3.63, 3.8) is 0 Å². The lowest BCUT2D eigenvalue weighted by molar-refractivity contribution is 0.0635. The second kappa shape index (κ2) is 6.97. The molecule has 1 aromatic carbocycles. The van der Waals surface area contributed by atoms with Crippen LogP contribution in [0.3, 0.4) is 0 Å². The summed E-state index contributed by atoms with van der Waals surface area (Å²) in [5.41, 5.74) is 1.14. The summed E-state index contributed by atoms with van der Waals surface area (Å²) in [7, 11) is 1.97. The van der Waals surface area contributed by atoms with E-state index in [0.717, 1.165) is 11.5 Å². The van der Waals surface area contributed by atoms with Crippen molar-refractivity contribution in [1.29, 1.82) is 0 Å². The van der Waals surface area contributed by atoms with Crippen molar-refractivity contribution in [2.45, 2.75) is 12.6 Å². The maximum atomic E-state index is 12.3. The highest BCUT2D eigenvalue weighted by atomic mass is 35.5. The summed E-state index contributed by atoms with van der Waals surface area (Å²) in [6.45, 7) is 1.69. The molecule has 0 bridgehead atoms. The highest BCUT2D eigenvalue weighted by Crippen LogP contribution is 2.30. The van der Waals surface area contributed by atoms with Gasteiger partial charge in [-0.15, -0.1) is 0 Å². The minimum atomic E-state index is -0.146. The van der Waals surface area contributed by atoms with Crippen LogP contribution in [0, 0.1) is 0 Å². The summed E-state index contributed by atoms with van der Waals surface area (Å²) in [5.74, 6) is 1.53. The predicted octanol–water partition coefficient (Wildman–Crippen LogP) is 2.62. The van der Waals surface area contributed by atoms with Gasteiger partial charge in [-0.25, -0.2) is 4.98 Å². The standard InChI is InChI=1S/C19H18ClN3O3/c1-22(11-15-12-25-16-4-2-3-5-17(16)26-15)10-14-8-19(24)23-9-13(20)6-7-18(23)21-14/h2-9,15H,10-12H2,1H3/t15-/m1/s1. The van der Waals surface area contributed by atoms with E-state index in [9.17, 15) is 4.79 Å². The van der Waals surface area contributed by atoms with Crippen LogP contribution in [-0.2, 0) is 6.54 Å². The Morgan fingerprint density at radius 2 is 2.08 bits per heavy atom. The molecule has 0 radical (unpaired) electrons. The molecule has 0 N–H and O–H groups in total. The number of fused-ring (bicyclic) bond motifs is 2. The topological polar surface area (TPSA) is 56.1 Å². The van der Waals surface area contributed by atoms with E-state index in [-0.39, 0.29) is 11.7 Å². The van der Waals surface area contributed by atoms with Gasteiger partial charge >= 0.3 is 0 Å². The van der Waals surface area contributed by atoms with Crippen LogP contribution in [0.1, 0.15) is 5.69 Å². The van der Waals surface area contributed by atoms with Crippen molar-refractivity contribution in [3.8, 4) is 11.5 Å². The van der Waals surface area contributed by atoms with Crippen LogP contribution in [0.5, 0.6) is 11.5 Å². The number of rotatable bonds is 4. The lowest BCUT2D eigenvalue weighted by atomic mass is 10.2. The number of likely N-dealkylation sites (N-methyl/N-ethyl adjacent to an activating group) is 1. The highest BCUT2D eigenvalue weighted by molar-refractivity contribution is 6.30. The van der Waals surface area contributed by atoms with Crippen LogP contribution in [-0.4, -0.2) is 40.6 Å². The first-order valence-corrected chi connectivity index (χ1v) is 8.71. The average Bonchev–Trinajstić information content (AvgIpc) is 2.62. The van der Waals surface area contributed by atoms with Crippen LogP contribution < -0.4 is 15.0 Å². The van der Waals surface area contributed by atoms with E-state index in [1.165, 1.54) is 10.5 Å². The summed E-state index contributed by atoms with van der Waals surface area (Å²) in [4.78, 5) is 18.9. The quantitative estimate of drug-likeness (QED) is 0.705. The molecular weight excluding hydrogens is 354 g/mol. The zero-order valence-electron chi connectivity index (χ0n) is 14.3. The van der Waals surface area contributed by atoms with Crippen LogP contribution in [0.25, 0.3) is 5.65 Å². The number of aromatic nitrogens is 2. The normalized spacial score (nSPS) is 16.2. The van der Waals surface area contributed by atoms with Crippen LogP contribution >= 0.6 is 11.6 Å². The first-order chi connectivity index (χ1) is 12.6. The van der Waals surface area contributed by atoms with Crippen molar-refractivity contribution >= 4 is 17.2 Å². The van der Waals surface area contributed by atoms with Gasteiger partial charge in [-0.2, -0.15) is 0 Å². The Kier molecular flexibility index (Phi) is 4.53. The first-order valence-electron chi connectivity index (χ1n) is 8.33. The summed E-state index contributed by atoms with van der Waals surface area (Å²) in [6.07, 6.45) is 1.50. The number of nitrogens with zero attached hydrogens (tertiary/aromatic N) is 3. The van der Waals surface area contributed by atoms with Gasteiger partial charge < -0.3 is 9.47 Å². The van der Waals surface area contributed by atoms with Crippen LogP contribution in [0.15, 0.2) is 53.5 Å². The van der Waals surface area contributed by atoms with Gasteiger partial charge in [-0.05, 0) is 31.3 Å². The lowest BCUT2D eigenvalue weighted by Crippen LogP contribution is -2.39. The fourth-order valence-electron chi connectivity index (χ4n) is 3.05. The molecule has 1 aliphatic rings. The summed E-state index contributed by atoms with van der Waals surface area (Å²) in [6, 6.07) is 12.6. The molecule has 0 amide bonds. The Morgan fingerprint density at radius 3 is 2.92 bits per heavy atom. The Hall–Kier alpha value is -2.57. The molecule has 7 heteroatoms. The summed E-state index contributed by atoms with van der Waals surface area (Å²) >= 11 is 5.94. The molecule has 3 heterocycles. The van der Waals surface area contributed by atoms with Crippen molar-refractivity contribution in [2.75, 3.05) is 20.2 Å². The first kappa shape index (κ1) is 16.9. The molecule has 0 fully saturated rings. The predicted molar refractivity (Wildman–Crippen MR) is 99.2 cm³/mol. The smallest absolute Gasteiger partial charge is 0.258 e. The van der Waals surface area contributed by atoms with Crippen LogP contribution in [0.4, 0.5) is 0 Å². The molecule has 1 aliphatic heterocycles. The molecule has 1 atom stereocenters. The minimum absolute atomic E-state index is 0.0738. The van der Waals surface area contributed by atoms with Gasteiger partial charge in [-0.1, -0.05) is 23.7 Å². The van der Waals surface area contributed by atoms with Crippen molar-refractivity contribution in [1.82, 2.24) is 14.3 Å². The van der Waals surface area contributed by atoms with Crippen LogP contribution in [0.2, 0.25) is 5.02 Å². The van der Waals surface area contributed by atoms with Crippen molar-refractivity contribution in [3.05, 3.63) is 69.7 Å². The molecule has 0 saturated carbocycles. The van der Waals surface area contributed by atoms with E-state index in [4.69, 9.17) is 21.1 Å². The summed E-state index contributed by atoms with van der Waals surface area (Å²) in [5, 5.41) is 0.501. The Morgan fingerprint density at radius 1 is 1.27 bits per heavy atom. The molecule has 0 spiro atoms. The van der Waals surface area contributed by atoms with Gasteiger partial charge in [0.1, 0.15) is 18.4 Å². The van der Waals surface area contributed by atoms with E-state index in [1.54, 1.807) is 18.3 Å². The molecule has 2 aromatic heterocycles. The summed E-state index contributed by atoms with van der Waals surface area (Å²) < 4.78 is 13.2. The van der Waals surface area contributed by atoms with Gasteiger partial charge in [0, 0.05) is 25.4 Å². The lowest BCUT2D eigenvalue weighted by Gasteiger charge is -2.29. The van der Waals surface area contributed by atoms with E-state index in [2.05, 4.69) is 9.88 Å². The zero-order valence-corrected chi connectivity index (χ0v) is 15.0. The molecule has 26 heavy (non-hydrogen) atoms. The molecular formula is C19H18ClN3O3. The third kappa shape index (κ3) is 3.52. The van der Waals surface area contributed by atoms with E-state index in [1.807, 2.05) is 31.3 Å². The maximum absolute atomic E-state index is 12.3. The minimum Gasteiger partial charge on any atom is -0.486 e. The molecule has 0 unspecified atom stereocenters. The van der Waals surface area contributed by atoms with Crippen molar-refractivity contribution in [2.24, 2.45) is 0 Å². The Bertz CT molecular complexity index is 1000. The van der Waals surface area contributed by atoms with E-state index in [0.29, 0.717) is 36.1 Å². The fourth-order valence-corrected chi connectivity index (χ4v) is 3.21. The SMILES string of the molecule is CN(Cc1cc(=O)n2cc(Cl)ccc2n1)C[C@@H]1COc2ccccc2O1. The third-order valence-electron chi connectivity index (χ3n) is 4.19. The van der Waals surface area contributed by atoms with Gasteiger partial charge in [0.05, 0.1) is 10.7 Å². The van der Waals surface area contributed by atoms with E-state index < -0.39 is 0 Å². The number of hydrogen-bond donors (Lipinski definition) is 0. The zero-order chi connectivity index (χ0) is 18.1. The fraction of sp³-hybridized carbons (Fsp3) is 0.263. The number of hydrogen-bond acceptors (Lipinski definition) is 5. The van der Waals surface area contributed by atoms with Gasteiger partial charge in [-0.3, -0.25) is 14.1 Å². The van der Waals surface area contributed by atoms with Gasteiger partial charge in [0.15, 0.2) is 11.5 Å². The molecule has 0 saturated heterocycles. The van der Waals surface area contributed by atoms with Crippen molar-refractivity contribution < 1.29 is 9.47 Å². The van der Waals surface area contributed by atoms with Gasteiger partial charge in [0.2, 0.25) is 0 Å². The number of benzene rings is 1. The number of para-hydroxylation sites is 2. The average molecular weight is 372 g/mol. The second-order valence-corrected chi connectivity index (χ2v) is 6.79. The number of ether oxygens (including phenoxy) is 2. The largest absolute Gasteiger partial charge is 0.486 e. The Labute approximate surface area is 155 Å². The molecule has 4 rings (SSSR count). The second-order valence-electron chi connectivity index (χ2n) is 6.36. The molecule has 134 valence electrons. The third-order valence-corrected chi connectivity index (χ3v) is 4.41. The molecule has 6 nitrogen and oxygen atoms in total.